The number of aromatic nitrogens is 2. The van der Waals surface area contributed by atoms with Crippen LogP contribution in [-0.4, -0.2) is 27.0 Å². The number of carbonyl (C=O) groups excluding carboxylic acids is 1. The number of hydrogen-bond donors (Lipinski definition) is 2. The Labute approximate surface area is 161 Å². The predicted octanol–water partition coefficient (Wildman–Crippen LogP) is 2.13. The Hall–Kier alpha value is -2.70. The van der Waals surface area contributed by atoms with Crippen LogP contribution in [-0.2, 0) is 24.2 Å². The molecule has 0 aliphatic heterocycles. The molecular weight excluding hydrogens is 366 g/mol. The molecule has 0 saturated carbocycles. The lowest BCUT2D eigenvalue weighted by atomic mass is 10.1. The molecule has 0 spiro atoms. The van der Waals surface area contributed by atoms with Crippen molar-refractivity contribution in [3.8, 4) is 0 Å². The number of aliphatic hydroxyl groups excluding tert-OH is 1. The van der Waals surface area contributed by atoms with Gasteiger partial charge in [0.05, 0.1) is 6.42 Å². The van der Waals surface area contributed by atoms with Gasteiger partial charge in [0, 0.05) is 36.1 Å². The Morgan fingerprint density at radius 1 is 1.15 bits per heavy atom. The molecule has 3 rings (SSSR count). The van der Waals surface area contributed by atoms with Gasteiger partial charge in [-0.3, -0.25) is 14.0 Å². The van der Waals surface area contributed by atoms with Gasteiger partial charge in [0.2, 0.25) is 5.91 Å². The Morgan fingerprint density at radius 3 is 2.63 bits per heavy atom. The number of fused-ring (bicyclic) bond motifs is 1. The Morgan fingerprint density at radius 2 is 1.89 bits per heavy atom. The molecule has 0 fully saturated rings. The van der Waals surface area contributed by atoms with E-state index >= 15 is 0 Å². The van der Waals surface area contributed by atoms with Crippen LogP contribution in [0.3, 0.4) is 0 Å². The number of rotatable bonds is 7. The van der Waals surface area contributed by atoms with E-state index in [0.717, 1.165) is 11.1 Å². The van der Waals surface area contributed by atoms with Crippen molar-refractivity contribution in [1.29, 1.82) is 0 Å². The van der Waals surface area contributed by atoms with Crippen molar-refractivity contribution in [1.82, 2.24) is 14.7 Å². The van der Waals surface area contributed by atoms with Crippen molar-refractivity contribution in [3.63, 3.8) is 0 Å². The molecule has 0 radical (unpaired) electrons. The van der Waals surface area contributed by atoms with Gasteiger partial charge in [0.25, 0.3) is 5.56 Å². The molecule has 2 N–H and O–H groups in total. The molecule has 140 valence electrons. The third kappa shape index (κ3) is 4.93. The zero-order valence-corrected chi connectivity index (χ0v) is 15.4. The summed E-state index contributed by atoms with van der Waals surface area (Å²) in [4.78, 5) is 29.2. The highest BCUT2D eigenvalue weighted by Gasteiger charge is 2.10. The summed E-state index contributed by atoms with van der Waals surface area (Å²) in [5.41, 5.74) is 2.46. The van der Waals surface area contributed by atoms with E-state index in [4.69, 9.17) is 16.7 Å². The van der Waals surface area contributed by atoms with Gasteiger partial charge in [-0.05, 0) is 42.2 Å². The number of halogens is 1. The number of amides is 1. The molecule has 1 aromatic carbocycles. The van der Waals surface area contributed by atoms with Gasteiger partial charge in [-0.15, -0.1) is 0 Å². The normalized spacial score (nSPS) is 10.9. The summed E-state index contributed by atoms with van der Waals surface area (Å²) in [6, 6.07) is 10.8. The van der Waals surface area contributed by atoms with Crippen LogP contribution >= 0.6 is 11.6 Å². The molecule has 0 bridgehead atoms. The smallest absolute Gasteiger partial charge is 0.261 e. The van der Waals surface area contributed by atoms with Crippen molar-refractivity contribution in [3.05, 3.63) is 80.9 Å². The molecular formula is C20H20ClN3O3. The van der Waals surface area contributed by atoms with Gasteiger partial charge < -0.3 is 10.4 Å². The summed E-state index contributed by atoms with van der Waals surface area (Å²) in [6.45, 7) is 0.461. The average Bonchev–Trinajstić information content (AvgIpc) is 2.68. The molecule has 0 aliphatic carbocycles. The highest BCUT2D eigenvalue weighted by atomic mass is 35.5. The fourth-order valence-corrected chi connectivity index (χ4v) is 2.88. The quantitative estimate of drug-likeness (QED) is 0.652. The van der Waals surface area contributed by atoms with E-state index in [9.17, 15) is 9.59 Å². The first-order chi connectivity index (χ1) is 13.1. The second-order valence-corrected chi connectivity index (χ2v) is 6.70. The standard InChI is InChI=1S/C20H20ClN3O3/c21-17-6-3-14(4-7-17)11-23-19(26)10-16-12-22-18-8-5-15(2-1-9-25)13-24(18)20(16)27/h3-8,12-13,25H,1-2,9-11H2,(H,23,26). The van der Waals surface area contributed by atoms with E-state index in [-0.39, 0.29) is 24.5 Å². The van der Waals surface area contributed by atoms with Crippen LogP contribution in [0.1, 0.15) is 23.1 Å². The van der Waals surface area contributed by atoms with E-state index in [1.165, 1.54) is 10.6 Å². The van der Waals surface area contributed by atoms with Gasteiger partial charge in [-0.1, -0.05) is 29.8 Å². The molecule has 2 heterocycles. The first-order valence-corrected chi connectivity index (χ1v) is 9.06. The summed E-state index contributed by atoms with van der Waals surface area (Å²) in [7, 11) is 0. The Balaban J connectivity index is 1.71. The lowest BCUT2D eigenvalue weighted by molar-refractivity contribution is -0.120. The zero-order chi connectivity index (χ0) is 19.2. The molecule has 0 unspecified atom stereocenters. The van der Waals surface area contributed by atoms with E-state index < -0.39 is 0 Å². The van der Waals surface area contributed by atoms with Crippen LogP contribution in [0.15, 0.2) is 53.6 Å². The van der Waals surface area contributed by atoms with Gasteiger partial charge in [0.15, 0.2) is 0 Å². The molecule has 2 aromatic heterocycles. The van der Waals surface area contributed by atoms with Crippen LogP contribution in [0.4, 0.5) is 0 Å². The number of benzene rings is 1. The van der Waals surface area contributed by atoms with Crippen molar-refractivity contribution in [2.45, 2.75) is 25.8 Å². The van der Waals surface area contributed by atoms with Gasteiger partial charge in [-0.2, -0.15) is 0 Å². The summed E-state index contributed by atoms with van der Waals surface area (Å²) in [6.07, 6.45) is 4.43. The first-order valence-electron chi connectivity index (χ1n) is 8.68. The van der Waals surface area contributed by atoms with E-state index in [2.05, 4.69) is 10.3 Å². The molecule has 27 heavy (non-hydrogen) atoms. The number of aryl methyl sites for hydroxylation is 1. The van der Waals surface area contributed by atoms with Crippen molar-refractivity contribution in [2.75, 3.05) is 6.61 Å². The maximum absolute atomic E-state index is 12.7. The van der Waals surface area contributed by atoms with Gasteiger partial charge >= 0.3 is 0 Å². The summed E-state index contributed by atoms with van der Waals surface area (Å²) < 4.78 is 1.45. The molecule has 0 saturated heterocycles. The number of carbonyl (C=O) groups is 1. The van der Waals surface area contributed by atoms with E-state index in [1.807, 2.05) is 18.2 Å². The molecule has 7 heteroatoms. The largest absolute Gasteiger partial charge is 0.396 e. The molecule has 0 atom stereocenters. The van der Waals surface area contributed by atoms with Gasteiger partial charge in [0.1, 0.15) is 5.65 Å². The monoisotopic (exact) mass is 385 g/mol. The SMILES string of the molecule is O=C(Cc1cnc2ccc(CCCO)cn2c1=O)NCc1ccc(Cl)cc1. The maximum Gasteiger partial charge on any atom is 0.261 e. The molecule has 1 amide bonds. The Kier molecular flexibility index (Phi) is 6.21. The zero-order valence-electron chi connectivity index (χ0n) is 14.7. The minimum Gasteiger partial charge on any atom is -0.396 e. The first kappa shape index (κ1) is 19.1. The summed E-state index contributed by atoms with van der Waals surface area (Å²) >= 11 is 5.84. The van der Waals surface area contributed by atoms with Crippen LogP contribution in [0.5, 0.6) is 0 Å². The van der Waals surface area contributed by atoms with Crippen LogP contribution in [0, 0.1) is 0 Å². The number of nitrogens with one attached hydrogen (secondary N) is 1. The molecule has 6 nitrogen and oxygen atoms in total. The average molecular weight is 386 g/mol. The third-order valence-electron chi connectivity index (χ3n) is 4.21. The highest BCUT2D eigenvalue weighted by Crippen LogP contribution is 2.09. The summed E-state index contributed by atoms with van der Waals surface area (Å²) in [5, 5.41) is 12.4. The minimum absolute atomic E-state index is 0.0385. The van der Waals surface area contributed by atoms with Gasteiger partial charge in [-0.25, -0.2) is 4.98 Å². The highest BCUT2D eigenvalue weighted by molar-refractivity contribution is 6.30. The predicted molar refractivity (Wildman–Crippen MR) is 104 cm³/mol. The topological polar surface area (TPSA) is 83.7 Å². The second-order valence-electron chi connectivity index (χ2n) is 6.26. The fourth-order valence-electron chi connectivity index (χ4n) is 2.75. The lowest BCUT2D eigenvalue weighted by Gasteiger charge is -2.08. The van der Waals surface area contributed by atoms with Crippen LogP contribution < -0.4 is 10.9 Å². The second kappa shape index (κ2) is 8.79. The lowest BCUT2D eigenvalue weighted by Crippen LogP contribution is -2.29. The maximum atomic E-state index is 12.7. The van der Waals surface area contributed by atoms with Crippen molar-refractivity contribution >= 4 is 23.2 Å². The fraction of sp³-hybridized carbons (Fsp3) is 0.250. The van der Waals surface area contributed by atoms with Crippen LogP contribution in [0.25, 0.3) is 5.65 Å². The number of aliphatic hydroxyl groups is 1. The molecule has 3 aromatic rings. The number of hydrogen-bond acceptors (Lipinski definition) is 4. The molecule has 0 aliphatic rings. The Bertz CT molecular complexity index is 1000. The van der Waals surface area contributed by atoms with E-state index in [1.54, 1.807) is 24.4 Å². The number of pyridine rings is 1. The van der Waals surface area contributed by atoms with Crippen LogP contribution in [0.2, 0.25) is 5.02 Å². The minimum atomic E-state index is -0.257. The summed E-state index contributed by atoms with van der Waals surface area (Å²) in [5.74, 6) is -0.250. The van der Waals surface area contributed by atoms with E-state index in [0.29, 0.717) is 35.6 Å². The third-order valence-corrected chi connectivity index (χ3v) is 4.46. The van der Waals surface area contributed by atoms with Crippen molar-refractivity contribution in [2.24, 2.45) is 0 Å². The van der Waals surface area contributed by atoms with Crippen molar-refractivity contribution < 1.29 is 9.90 Å². The number of nitrogens with zero attached hydrogens (tertiary/aromatic N) is 2.